The zero-order valence-corrected chi connectivity index (χ0v) is 16.7. The van der Waals surface area contributed by atoms with E-state index in [-0.39, 0.29) is 24.8 Å². The molecular formula is C20H23N3O6. The number of nitrogens with zero attached hydrogens (tertiary/aromatic N) is 2. The third kappa shape index (κ3) is 4.18. The first-order valence-electron chi connectivity index (χ1n) is 8.92. The lowest BCUT2D eigenvalue weighted by Crippen LogP contribution is -2.28. The van der Waals surface area contributed by atoms with Gasteiger partial charge in [0.25, 0.3) is 0 Å². The van der Waals surface area contributed by atoms with Crippen molar-refractivity contribution in [3.05, 3.63) is 30.5 Å². The number of benzene rings is 1. The average molecular weight is 401 g/mol. The molecule has 0 spiro atoms. The number of pyridine rings is 1. The van der Waals surface area contributed by atoms with Crippen molar-refractivity contribution in [3.8, 4) is 23.1 Å². The fraction of sp³-hybridized carbons (Fsp3) is 0.350. The van der Waals surface area contributed by atoms with Crippen molar-refractivity contribution in [3.63, 3.8) is 0 Å². The van der Waals surface area contributed by atoms with Gasteiger partial charge in [-0.3, -0.25) is 9.59 Å². The smallest absolute Gasteiger partial charge is 0.229 e. The van der Waals surface area contributed by atoms with E-state index in [1.807, 2.05) is 0 Å². The fourth-order valence-corrected chi connectivity index (χ4v) is 3.18. The van der Waals surface area contributed by atoms with Crippen LogP contribution in [0.25, 0.3) is 0 Å². The Morgan fingerprint density at radius 1 is 1.07 bits per heavy atom. The normalized spacial score (nSPS) is 15.8. The molecule has 9 heteroatoms. The quantitative estimate of drug-likeness (QED) is 0.758. The number of rotatable bonds is 7. The van der Waals surface area contributed by atoms with E-state index < -0.39 is 5.92 Å². The molecule has 1 saturated heterocycles. The zero-order chi connectivity index (χ0) is 21.0. The zero-order valence-electron chi connectivity index (χ0n) is 16.7. The van der Waals surface area contributed by atoms with Gasteiger partial charge in [0.1, 0.15) is 0 Å². The van der Waals surface area contributed by atoms with E-state index >= 15 is 0 Å². The molecule has 3 rings (SSSR count). The maximum Gasteiger partial charge on any atom is 0.229 e. The fourth-order valence-electron chi connectivity index (χ4n) is 3.18. The predicted molar refractivity (Wildman–Crippen MR) is 106 cm³/mol. The topological polar surface area (TPSA) is 99.2 Å². The lowest BCUT2D eigenvalue weighted by Gasteiger charge is -2.20. The van der Waals surface area contributed by atoms with Crippen molar-refractivity contribution in [2.75, 3.05) is 45.2 Å². The van der Waals surface area contributed by atoms with E-state index in [1.54, 1.807) is 29.2 Å². The second-order valence-electron chi connectivity index (χ2n) is 6.37. The third-order valence-corrected chi connectivity index (χ3v) is 4.67. The number of hydrogen-bond donors (Lipinski definition) is 1. The maximum atomic E-state index is 12.6. The Morgan fingerprint density at radius 2 is 1.76 bits per heavy atom. The van der Waals surface area contributed by atoms with Crippen LogP contribution in [-0.4, -0.2) is 51.8 Å². The molecule has 1 aromatic carbocycles. The van der Waals surface area contributed by atoms with Gasteiger partial charge in [0.05, 0.1) is 51.9 Å². The second kappa shape index (κ2) is 8.68. The summed E-state index contributed by atoms with van der Waals surface area (Å²) in [6.45, 7) is 0.243. The lowest BCUT2D eigenvalue weighted by molar-refractivity contribution is -0.122. The summed E-state index contributed by atoms with van der Waals surface area (Å²) >= 11 is 0. The van der Waals surface area contributed by atoms with Crippen molar-refractivity contribution >= 4 is 23.2 Å². The SMILES string of the molecule is COc1ccc(NC(=O)C2CC(=O)N(c3cc(OC)c(OC)c(OC)c3)C2)cn1. The van der Waals surface area contributed by atoms with Crippen molar-refractivity contribution in [1.82, 2.24) is 4.98 Å². The number of amides is 2. The Kier molecular flexibility index (Phi) is 6.06. The molecule has 1 aliphatic heterocycles. The van der Waals surface area contributed by atoms with E-state index in [4.69, 9.17) is 18.9 Å². The van der Waals surface area contributed by atoms with E-state index in [2.05, 4.69) is 10.3 Å². The lowest BCUT2D eigenvalue weighted by atomic mass is 10.1. The first-order valence-corrected chi connectivity index (χ1v) is 8.92. The minimum absolute atomic E-state index is 0.103. The third-order valence-electron chi connectivity index (χ3n) is 4.67. The number of methoxy groups -OCH3 is 4. The highest BCUT2D eigenvalue weighted by molar-refractivity contribution is 6.03. The summed E-state index contributed by atoms with van der Waals surface area (Å²) in [7, 11) is 6.04. The summed E-state index contributed by atoms with van der Waals surface area (Å²) in [5, 5.41) is 2.79. The summed E-state index contributed by atoms with van der Waals surface area (Å²) < 4.78 is 21.0. The number of aromatic nitrogens is 1. The Balaban J connectivity index is 1.76. The summed E-state index contributed by atoms with van der Waals surface area (Å²) in [6, 6.07) is 6.72. The summed E-state index contributed by atoms with van der Waals surface area (Å²) in [5.74, 6) is 0.856. The summed E-state index contributed by atoms with van der Waals surface area (Å²) in [6.07, 6.45) is 1.61. The Hall–Kier alpha value is -3.49. The molecule has 0 bridgehead atoms. The molecule has 0 saturated carbocycles. The molecule has 0 aliphatic carbocycles. The Bertz CT molecular complexity index is 875. The number of carbonyl (C=O) groups is 2. The number of hydrogen-bond acceptors (Lipinski definition) is 7. The molecule has 1 N–H and O–H groups in total. The molecule has 29 heavy (non-hydrogen) atoms. The highest BCUT2D eigenvalue weighted by atomic mass is 16.5. The molecule has 1 aliphatic rings. The Labute approximate surface area is 168 Å². The second-order valence-corrected chi connectivity index (χ2v) is 6.37. The summed E-state index contributed by atoms with van der Waals surface area (Å²) in [5.41, 5.74) is 1.11. The molecule has 2 amide bonds. The minimum Gasteiger partial charge on any atom is -0.493 e. The van der Waals surface area contributed by atoms with Gasteiger partial charge in [-0.15, -0.1) is 0 Å². The van der Waals surface area contributed by atoms with Crippen LogP contribution < -0.4 is 29.2 Å². The molecule has 9 nitrogen and oxygen atoms in total. The summed E-state index contributed by atoms with van der Waals surface area (Å²) in [4.78, 5) is 30.8. The molecule has 2 aromatic rings. The molecule has 1 atom stereocenters. The monoisotopic (exact) mass is 401 g/mol. The van der Waals surface area contributed by atoms with Gasteiger partial charge >= 0.3 is 0 Å². The van der Waals surface area contributed by atoms with Crippen LogP contribution in [0, 0.1) is 5.92 Å². The molecular weight excluding hydrogens is 378 g/mol. The first-order chi connectivity index (χ1) is 14.0. The van der Waals surface area contributed by atoms with Gasteiger partial charge in [-0.1, -0.05) is 0 Å². The predicted octanol–water partition coefficient (Wildman–Crippen LogP) is 2.11. The van der Waals surface area contributed by atoms with Gasteiger partial charge in [-0.05, 0) is 6.07 Å². The molecule has 2 heterocycles. The highest BCUT2D eigenvalue weighted by Gasteiger charge is 2.36. The standard InChI is InChI=1S/C20H23N3O6/c1-26-15-8-14(9-16(27-2)19(15)29-4)23-11-12(7-18(23)24)20(25)22-13-5-6-17(28-3)21-10-13/h5-6,8-10,12H,7,11H2,1-4H3,(H,22,25). The van der Waals surface area contributed by atoms with Crippen LogP contribution >= 0.6 is 0 Å². The molecule has 1 aromatic heterocycles. The van der Waals surface area contributed by atoms with E-state index in [9.17, 15) is 9.59 Å². The van der Waals surface area contributed by atoms with Gasteiger partial charge in [-0.25, -0.2) is 4.98 Å². The van der Waals surface area contributed by atoms with Crippen LogP contribution in [0.5, 0.6) is 23.1 Å². The van der Waals surface area contributed by atoms with Gasteiger partial charge in [0, 0.05) is 31.2 Å². The van der Waals surface area contributed by atoms with E-state index in [0.717, 1.165) is 0 Å². The maximum absolute atomic E-state index is 12.6. The van der Waals surface area contributed by atoms with Crippen LogP contribution in [0.2, 0.25) is 0 Å². The minimum atomic E-state index is -0.497. The van der Waals surface area contributed by atoms with Crippen molar-refractivity contribution < 1.29 is 28.5 Å². The average Bonchev–Trinajstić information content (AvgIpc) is 3.14. The number of carbonyl (C=O) groups excluding carboxylic acids is 2. The van der Waals surface area contributed by atoms with Crippen LogP contribution in [0.3, 0.4) is 0 Å². The van der Waals surface area contributed by atoms with Crippen LogP contribution in [0.15, 0.2) is 30.5 Å². The van der Waals surface area contributed by atoms with Crippen LogP contribution in [0.1, 0.15) is 6.42 Å². The van der Waals surface area contributed by atoms with Crippen molar-refractivity contribution in [2.24, 2.45) is 5.92 Å². The van der Waals surface area contributed by atoms with E-state index in [1.165, 1.54) is 34.6 Å². The highest BCUT2D eigenvalue weighted by Crippen LogP contribution is 2.42. The van der Waals surface area contributed by atoms with Gasteiger partial charge in [-0.2, -0.15) is 0 Å². The van der Waals surface area contributed by atoms with E-state index in [0.29, 0.717) is 34.5 Å². The van der Waals surface area contributed by atoms with Crippen molar-refractivity contribution in [2.45, 2.75) is 6.42 Å². The molecule has 1 fully saturated rings. The first kappa shape index (κ1) is 20.2. The molecule has 154 valence electrons. The molecule has 1 unspecified atom stereocenters. The van der Waals surface area contributed by atoms with Gasteiger partial charge < -0.3 is 29.2 Å². The van der Waals surface area contributed by atoms with Gasteiger partial charge in [0.15, 0.2) is 11.5 Å². The molecule has 0 radical (unpaired) electrons. The number of anilines is 2. The van der Waals surface area contributed by atoms with Crippen molar-refractivity contribution in [1.29, 1.82) is 0 Å². The largest absolute Gasteiger partial charge is 0.493 e. The number of ether oxygens (including phenoxy) is 4. The number of nitrogens with one attached hydrogen (secondary N) is 1. The van der Waals surface area contributed by atoms with Gasteiger partial charge in [0.2, 0.25) is 23.4 Å². The van der Waals surface area contributed by atoms with Crippen LogP contribution in [-0.2, 0) is 9.59 Å². The Morgan fingerprint density at radius 3 is 2.28 bits per heavy atom. The van der Waals surface area contributed by atoms with Crippen LogP contribution in [0.4, 0.5) is 11.4 Å².